The second-order valence-electron chi connectivity index (χ2n) is 4.78. The summed E-state index contributed by atoms with van der Waals surface area (Å²) >= 11 is 9.72. The van der Waals surface area contributed by atoms with E-state index in [4.69, 9.17) is 11.6 Å². The van der Waals surface area contributed by atoms with Gasteiger partial charge in [0.25, 0.3) is 0 Å². The SMILES string of the molecule is Cc1cc(-c2nc(CCl)cs2)ccc1Cn1cc(I)cn1. The van der Waals surface area contributed by atoms with Gasteiger partial charge in [0, 0.05) is 17.1 Å². The van der Waals surface area contributed by atoms with E-state index in [9.17, 15) is 0 Å². The topological polar surface area (TPSA) is 30.7 Å². The minimum absolute atomic E-state index is 0.464. The Morgan fingerprint density at radius 3 is 2.86 bits per heavy atom. The minimum atomic E-state index is 0.464. The smallest absolute Gasteiger partial charge is 0.123 e. The molecule has 0 fully saturated rings. The molecule has 0 aliphatic carbocycles. The fourth-order valence-corrected chi connectivity index (χ4v) is 3.60. The van der Waals surface area contributed by atoms with Crippen LogP contribution < -0.4 is 0 Å². The second kappa shape index (κ2) is 6.46. The number of thiazole rings is 1. The molecule has 0 unspecified atom stereocenters. The van der Waals surface area contributed by atoms with Crippen LogP contribution in [-0.4, -0.2) is 14.8 Å². The van der Waals surface area contributed by atoms with Gasteiger partial charge in [-0.3, -0.25) is 4.68 Å². The molecule has 0 spiro atoms. The van der Waals surface area contributed by atoms with Gasteiger partial charge in [0.1, 0.15) is 5.01 Å². The van der Waals surface area contributed by atoms with E-state index < -0.39 is 0 Å². The van der Waals surface area contributed by atoms with Crippen LogP contribution in [0.4, 0.5) is 0 Å². The number of aromatic nitrogens is 3. The van der Waals surface area contributed by atoms with Gasteiger partial charge in [0.05, 0.1) is 27.9 Å². The highest BCUT2D eigenvalue weighted by Gasteiger charge is 2.07. The summed E-state index contributed by atoms with van der Waals surface area (Å²) < 4.78 is 3.11. The molecule has 1 aromatic carbocycles. The molecule has 0 saturated carbocycles. The molecule has 0 saturated heterocycles. The van der Waals surface area contributed by atoms with Gasteiger partial charge in [-0.25, -0.2) is 4.98 Å². The molecule has 0 amide bonds. The lowest BCUT2D eigenvalue weighted by molar-refractivity contribution is 0.684. The van der Waals surface area contributed by atoms with Crippen molar-refractivity contribution in [2.24, 2.45) is 0 Å². The number of aryl methyl sites for hydroxylation is 1. The zero-order valence-corrected chi connectivity index (χ0v) is 15.1. The average molecular weight is 430 g/mol. The third-order valence-corrected chi connectivity index (χ3v) is 4.98. The van der Waals surface area contributed by atoms with Crippen LogP contribution in [0.5, 0.6) is 0 Å². The number of benzene rings is 1. The third kappa shape index (κ3) is 3.46. The van der Waals surface area contributed by atoms with Crippen molar-refractivity contribution in [1.29, 1.82) is 0 Å². The van der Waals surface area contributed by atoms with Crippen molar-refractivity contribution in [1.82, 2.24) is 14.8 Å². The molecule has 6 heteroatoms. The van der Waals surface area contributed by atoms with Crippen molar-refractivity contribution in [2.45, 2.75) is 19.3 Å². The predicted molar refractivity (Wildman–Crippen MR) is 95.9 cm³/mol. The molecule has 3 aromatic rings. The minimum Gasteiger partial charge on any atom is -0.267 e. The summed E-state index contributed by atoms with van der Waals surface area (Å²) in [7, 11) is 0. The highest BCUT2D eigenvalue weighted by atomic mass is 127. The maximum Gasteiger partial charge on any atom is 0.123 e. The fraction of sp³-hybridized carbons (Fsp3) is 0.200. The molecule has 0 aliphatic heterocycles. The van der Waals surface area contributed by atoms with E-state index in [-0.39, 0.29) is 0 Å². The molecule has 0 aliphatic rings. The van der Waals surface area contributed by atoms with Gasteiger partial charge >= 0.3 is 0 Å². The van der Waals surface area contributed by atoms with Crippen molar-refractivity contribution in [3.05, 3.63) is 56.4 Å². The zero-order valence-electron chi connectivity index (χ0n) is 11.4. The molecular formula is C15H13ClIN3S. The summed E-state index contributed by atoms with van der Waals surface area (Å²) in [6.07, 6.45) is 3.91. The van der Waals surface area contributed by atoms with Crippen LogP contribution in [0.1, 0.15) is 16.8 Å². The summed E-state index contributed by atoms with van der Waals surface area (Å²) in [6.45, 7) is 2.92. The van der Waals surface area contributed by atoms with Gasteiger partial charge in [0.15, 0.2) is 0 Å². The van der Waals surface area contributed by atoms with Crippen LogP contribution in [-0.2, 0) is 12.4 Å². The van der Waals surface area contributed by atoms with Gasteiger partial charge in [-0.2, -0.15) is 5.10 Å². The van der Waals surface area contributed by atoms with E-state index in [1.54, 1.807) is 11.3 Å². The van der Waals surface area contributed by atoms with Gasteiger partial charge in [-0.05, 0) is 46.7 Å². The van der Waals surface area contributed by atoms with E-state index in [0.29, 0.717) is 5.88 Å². The van der Waals surface area contributed by atoms with Gasteiger partial charge in [-0.1, -0.05) is 12.1 Å². The van der Waals surface area contributed by atoms with Crippen molar-refractivity contribution in [3.63, 3.8) is 0 Å². The quantitative estimate of drug-likeness (QED) is 0.444. The molecule has 2 heterocycles. The van der Waals surface area contributed by atoms with E-state index in [1.165, 1.54) is 11.1 Å². The standard InChI is InChI=1S/C15H13ClIN3S/c1-10-4-11(15-19-14(5-16)9-21-15)2-3-12(10)7-20-8-13(17)6-18-20/h2-4,6,8-9H,5,7H2,1H3. The molecule has 3 rings (SSSR count). The first kappa shape index (κ1) is 15.0. The lowest BCUT2D eigenvalue weighted by atomic mass is 10.1. The third-order valence-electron chi connectivity index (χ3n) is 3.21. The fourth-order valence-electron chi connectivity index (χ4n) is 2.11. The Morgan fingerprint density at radius 1 is 1.38 bits per heavy atom. The Labute approximate surface area is 146 Å². The number of alkyl halides is 1. The first-order chi connectivity index (χ1) is 10.2. The Balaban J connectivity index is 1.85. The summed E-state index contributed by atoms with van der Waals surface area (Å²) in [5.74, 6) is 0.464. The van der Waals surface area contributed by atoms with Gasteiger partial charge in [-0.15, -0.1) is 22.9 Å². The van der Waals surface area contributed by atoms with Crippen LogP contribution in [0, 0.1) is 10.5 Å². The van der Waals surface area contributed by atoms with Crippen LogP contribution >= 0.6 is 45.5 Å². The lowest BCUT2D eigenvalue weighted by Crippen LogP contribution is -2.01. The van der Waals surface area contributed by atoms with E-state index >= 15 is 0 Å². The highest BCUT2D eigenvalue weighted by Crippen LogP contribution is 2.26. The number of halogens is 2. The molecule has 21 heavy (non-hydrogen) atoms. The van der Waals surface area contributed by atoms with Crippen LogP contribution in [0.2, 0.25) is 0 Å². The molecule has 0 bridgehead atoms. The van der Waals surface area contributed by atoms with Crippen LogP contribution in [0.3, 0.4) is 0 Å². The lowest BCUT2D eigenvalue weighted by Gasteiger charge is -2.07. The maximum absolute atomic E-state index is 5.81. The molecule has 108 valence electrons. The summed E-state index contributed by atoms with van der Waals surface area (Å²) in [5.41, 5.74) is 4.60. The van der Waals surface area contributed by atoms with Gasteiger partial charge < -0.3 is 0 Å². The predicted octanol–water partition coefficient (Wildman–Crippen LogP) is 4.71. The number of hydrogen-bond acceptors (Lipinski definition) is 3. The maximum atomic E-state index is 5.81. The molecular weight excluding hydrogens is 417 g/mol. The first-order valence-corrected chi connectivity index (χ1v) is 8.93. The number of hydrogen-bond donors (Lipinski definition) is 0. The van der Waals surface area contributed by atoms with Crippen molar-refractivity contribution in [2.75, 3.05) is 0 Å². The van der Waals surface area contributed by atoms with Crippen LogP contribution in [0.15, 0.2) is 36.0 Å². The molecule has 3 nitrogen and oxygen atoms in total. The van der Waals surface area contributed by atoms with Crippen molar-refractivity contribution in [3.8, 4) is 10.6 Å². The largest absolute Gasteiger partial charge is 0.267 e. The molecule has 2 aromatic heterocycles. The second-order valence-corrected chi connectivity index (χ2v) is 7.15. The molecule has 0 atom stereocenters. The normalized spacial score (nSPS) is 11.0. The monoisotopic (exact) mass is 429 g/mol. The summed E-state index contributed by atoms with van der Waals surface area (Å²) in [5, 5.41) is 7.36. The Morgan fingerprint density at radius 2 is 2.24 bits per heavy atom. The Hall–Kier alpha value is -0.920. The van der Waals surface area contributed by atoms with Crippen molar-refractivity contribution < 1.29 is 0 Å². The Bertz CT molecular complexity index is 766. The highest BCUT2D eigenvalue weighted by molar-refractivity contribution is 14.1. The first-order valence-electron chi connectivity index (χ1n) is 6.44. The zero-order chi connectivity index (χ0) is 14.8. The molecule has 0 radical (unpaired) electrons. The van der Waals surface area contributed by atoms with E-state index in [2.05, 4.69) is 57.8 Å². The summed E-state index contributed by atoms with van der Waals surface area (Å²) in [4.78, 5) is 4.53. The van der Waals surface area contributed by atoms with E-state index in [0.717, 1.165) is 26.4 Å². The van der Waals surface area contributed by atoms with Crippen molar-refractivity contribution >= 4 is 45.5 Å². The summed E-state index contributed by atoms with van der Waals surface area (Å²) in [6, 6.07) is 6.45. The Kier molecular flexibility index (Phi) is 4.61. The van der Waals surface area contributed by atoms with E-state index in [1.807, 2.05) is 22.5 Å². The van der Waals surface area contributed by atoms with Gasteiger partial charge in [0.2, 0.25) is 0 Å². The number of rotatable bonds is 4. The average Bonchev–Trinajstić information content (AvgIpc) is 3.10. The number of nitrogens with zero attached hydrogens (tertiary/aromatic N) is 3. The van der Waals surface area contributed by atoms with Crippen LogP contribution in [0.25, 0.3) is 10.6 Å². The molecule has 0 N–H and O–H groups in total.